The zero-order valence-corrected chi connectivity index (χ0v) is 7.68. The molecule has 3 nitrogen and oxygen atoms in total. The predicted molar refractivity (Wildman–Crippen MR) is 48.6 cm³/mol. The lowest BCUT2D eigenvalue weighted by atomic mass is 9.92. The Morgan fingerprint density at radius 1 is 1.75 bits per heavy atom. The standard InChI is InChI=1S/C9H18N2O/c1-2-7(5-6-10)8-3-4-9(12)11-8/h7-8H,2-6,10H2,1H3,(H,11,12). The molecule has 3 heteroatoms. The van der Waals surface area contributed by atoms with Crippen molar-refractivity contribution in [3.63, 3.8) is 0 Å². The molecule has 3 N–H and O–H groups in total. The van der Waals surface area contributed by atoms with Gasteiger partial charge in [-0.2, -0.15) is 0 Å². The summed E-state index contributed by atoms with van der Waals surface area (Å²) in [7, 11) is 0. The molecule has 0 aromatic heterocycles. The maximum Gasteiger partial charge on any atom is 0.220 e. The van der Waals surface area contributed by atoms with E-state index in [1.54, 1.807) is 0 Å². The number of carbonyl (C=O) groups is 1. The number of hydrogen-bond donors (Lipinski definition) is 2. The van der Waals surface area contributed by atoms with E-state index in [0.717, 1.165) is 25.8 Å². The summed E-state index contributed by atoms with van der Waals surface area (Å²) in [5.74, 6) is 0.789. The Morgan fingerprint density at radius 2 is 2.50 bits per heavy atom. The molecule has 1 aliphatic heterocycles. The van der Waals surface area contributed by atoms with Crippen LogP contribution in [0, 0.1) is 5.92 Å². The number of hydrogen-bond acceptors (Lipinski definition) is 2. The van der Waals surface area contributed by atoms with E-state index in [4.69, 9.17) is 5.73 Å². The Bertz CT molecular complexity index is 159. The summed E-state index contributed by atoms with van der Waals surface area (Å²) in [6, 6.07) is 0.394. The lowest BCUT2D eigenvalue weighted by molar-refractivity contribution is -0.119. The van der Waals surface area contributed by atoms with Gasteiger partial charge in [0.1, 0.15) is 0 Å². The average molecular weight is 170 g/mol. The first kappa shape index (κ1) is 9.52. The lowest BCUT2D eigenvalue weighted by Gasteiger charge is -2.20. The average Bonchev–Trinajstić information content (AvgIpc) is 2.47. The zero-order valence-electron chi connectivity index (χ0n) is 7.68. The molecule has 1 rings (SSSR count). The molecule has 2 unspecified atom stereocenters. The molecule has 1 saturated heterocycles. The van der Waals surface area contributed by atoms with Crippen molar-refractivity contribution in [1.82, 2.24) is 5.32 Å². The highest BCUT2D eigenvalue weighted by Gasteiger charge is 2.26. The summed E-state index contributed by atoms with van der Waals surface area (Å²) in [6.45, 7) is 2.88. The first-order valence-electron chi connectivity index (χ1n) is 4.77. The van der Waals surface area contributed by atoms with Gasteiger partial charge in [0, 0.05) is 12.5 Å². The van der Waals surface area contributed by atoms with Gasteiger partial charge in [0.15, 0.2) is 0 Å². The second-order valence-electron chi connectivity index (χ2n) is 3.46. The van der Waals surface area contributed by atoms with Crippen molar-refractivity contribution in [2.45, 2.75) is 38.6 Å². The summed E-state index contributed by atoms with van der Waals surface area (Å²) in [5, 5.41) is 3.00. The van der Waals surface area contributed by atoms with Crippen molar-refractivity contribution in [2.75, 3.05) is 6.54 Å². The van der Waals surface area contributed by atoms with E-state index in [9.17, 15) is 4.79 Å². The predicted octanol–water partition coefficient (Wildman–Crippen LogP) is 0.640. The highest BCUT2D eigenvalue weighted by molar-refractivity contribution is 5.78. The van der Waals surface area contributed by atoms with E-state index < -0.39 is 0 Å². The van der Waals surface area contributed by atoms with Crippen molar-refractivity contribution < 1.29 is 4.79 Å². The molecule has 2 atom stereocenters. The number of carbonyl (C=O) groups excluding carboxylic acids is 1. The fraction of sp³-hybridized carbons (Fsp3) is 0.889. The first-order chi connectivity index (χ1) is 5.77. The Labute approximate surface area is 73.7 Å². The zero-order chi connectivity index (χ0) is 8.97. The SMILES string of the molecule is CCC(CCN)C1CCC(=O)N1. The first-order valence-corrected chi connectivity index (χ1v) is 4.77. The Morgan fingerprint density at radius 3 is 2.92 bits per heavy atom. The minimum absolute atomic E-state index is 0.204. The highest BCUT2D eigenvalue weighted by atomic mass is 16.1. The molecule has 0 aliphatic carbocycles. The topological polar surface area (TPSA) is 55.1 Å². The monoisotopic (exact) mass is 170 g/mol. The van der Waals surface area contributed by atoms with Crippen LogP contribution in [0.3, 0.4) is 0 Å². The number of amides is 1. The van der Waals surface area contributed by atoms with Gasteiger partial charge in [-0.05, 0) is 25.3 Å². The molecule has 1 fully saturated rings. The molecule has 70 valence electrons. The van der Waals surface area contributed by atoms with Gasteiger partial charge in [-0.1, -0.05) is 13.3 Å². The number of rotatable bonds is 4. The lowest BCUT2D eigenvalue weighted by Crippen LogP contribution is -2.33. The van der Waals surface area contributed by atoms with Gasteiger partial charge in [0.2, 0.25) is 5.91 Å². The maximum atomic E-state index is 10.9. The van der Waals surface area contributed by atoms with Gasteiger partial charge < -0.3 is 11.1 Å². The minimum Gasteiger partial charge on any atom is -0.353 e. The van der Waals surface area contributed by atoms with Gasteiger partial charge in [-0.25, -0.2) is 0 Å². The van der Waals surface area contributed by atoms with Crippen LogP contribution in [0.25, 0.3) is 0 Å². The Hall–Kier alpha value is -0.570. The van der Waals surface area contributed by atoms with Crippen molar-refractivity contribution in [1.29, 1.82) is 0 Å². The van der Waals surface area contributed by atoms with Crippen LogP contribution < -0.4 is 11.1 Å². The molecule has 0 spiro atoms. The van der Waals surface area contributed by atoms with E-state index in [-0.39, 0.29) is 5.91 Å². The van der Waals surface area contributed by atoms with Crippen LogP contribution in [0.15, 0.2) is 0 Å². The third-order valence-electron chi connectivity index (χ3n) is 2.66. The third kappa shape index (κ3) is 2.21. The maximum absolute atomic E-state index is 10.9. The Balaban J connectivity index is 2.38. The van der Waals surface area contributed by atoms with Crippen LogP contribution in [-0.4, -0.2) is 18.5 Å². The molecule has 0 radical (unpaired) electrons. The summed E-state index contributed by atoms with van der Waals surface area (Å²) in [6.07, 6.45) is 3.84. The van der Waals surface area contributed by atoms with Crippen LogP contribution >= 0.6 is 0 Å². The summed E-state index contributed by atoms with van der Waals surface area (Å²) < 4.78 is 0. The van der Waals surface area contributed by atoms with Crippen LogP contribution in [0.2, 0.25) is 0 Å². The molecule has 1 aliphatic rings. The molecular weight excluding hydrogens is 152 g/mol. The van der Waals surface area contributed by atoms with Crippen LogP contribution in [-0.2, 0) is 4.79 Å². The molecule has 1 amide bonds. The van der Waals surface area contributed by atoms with Crippen LogP contribution in [0.1, 0.15) is 32.6 Å². The molecule has 0 aromatic carbocycles. The fourth-order valence-corrected chi connectivity index (χ4v) is 1.90. The quantitative estimate of drug-likeness (QED) is 0.650. The largest absolute Gasteiger partial charge is 0.353 e. The third-order valence-corrected chi connectivity index (χ3v) is 2.66. The van der Waals surface area contributed by atoms with Gasteiger partial charge in [0.25, 0.3) is 0 Å². The normalized spacial score (nSPS) is 25.5. The smallest absolute Gasteiger partial charge is 0.220 e. The van der Waals surface area contributed by atoms with Crippen molar-refractivity contribution in [3.05, 3.63) is 0 Å². The number of nitrogens with two attached hydrogens (primary N) is 1. The van der Waals surface area contributed by atoms with E-state index in [2.05, 4.69) is 12.2 Å². The minimum atomic E-state index is 0.204. The van der Waals surface area contributed by atoms with E-state index >= 15 is 0 Å². The summed E-state index contributed by atoms with van der Waals surface area (Å²) >= 11 is 0. The highest BCUT2D eigenvalue weighted by Crippen LogP contribution is 2.20. The molecule has 12 heavy (non-hydrogen) atoms. The summed E-state index contributed by atoms with van der Waals surface area (Å²) in [5.41, 5.74) is 5.49. The fourth-order valence-electron chi connectivity index (χ4n) is 1.90. The second-order valence-corrected chi connectivity index (χ2v) is 3.46. The number of nitrogens with one attached hydrogen (secondary N) is 1. The van der Waals surface area contributed by atoms with Gasteiger partial charge >= 0.3 is 0 Å². The van der Waals surface area contributed by atoms with Gasteiger partial charge in [-0.3, -0.25) is 4.79 Å². The van der Waals surface area contributed by atoms with Crippen LogP contribution in [0.4, 0.5) is 0 Å². The molecule has 1 heterocycles. The van der Waals surface area contributed by atoms with Crippen LogP contribution in [0.5, 0.6) is 0 Å². The van der Waals surface area contributed by atoms with Gasteiger partial charge in [0.05, 0.1) is 0 Å². The van der Waals surface area contributed by atoms with E-state index in [1.165, 1.54) is 0 Å². The summed E-state index contributed by atoms with van der Waals surface area (Å²) in [4.78, 5) is 10.9. The second kappa shape index (κ2) is 4.45. The Kier molecular flexibility index (Phi) is 3.53. The van der Waals surface area contributed by atoms with Crippen molar-refractivity contribution >= 4 is 5.91 Å². The molecule has 0 aromatic rings. The van der Waals surface area contributed by atoms with E-state index in [1.807, 2.05) is 0 Å². The molecule has 0 bridgehead atoms. The van der Waals surface area contributed by atoms with Gasteiger partial charge in [-0.15, -0.1) is 0 Å². The molecular formula is C9H18N2O. The van der Waals surface area contributed by atoms with Crippen molar-refractivity contribution in [3.8, 4) is 0 Å². The molecule has 0 saturated carbocycles. The van der Waals surface area contributed by atoms with Crippen molar-refractivity contribution in [2.24, 2.45) is 11.7 Å². The van der Waals surface area contributed by atoms with E-state index in [0.29, 0.717) is 18.4 Å².